The van der Waals surface area contributed by atoms with Gasteiger partial charge in [-0.2, -0.15) is 0 Å². The van der Waals surface area contributed by atoms with Gasteiger partial charge in [0, 0.05) is 28.4 Å². The molecule has 220 valence electrons. The van der Waals surface area contributed by atoms with Crippen LogP contribution in [-0.2, 0) is 20.2 Å². The van der Waals surface area contributed by atoms with E-state index in [1.54, 1.807) is 24.3 Å². The molecule has 0 aromatic heterocycles. The summed E-state index contributed by atoms with van der Waals surface area (Å²) in [6.07, 6.45) is 0.187. The number of para-hydroxylation sites is 1. The van der Waals surface area contributed by atoms with E-state index in [9.17, 15) is 0 Å². The summed E-state index contributed by atoms with van der Waals surface area (Å²) in [6.45, 7) is 0. The van der Waals surface area contributed by atoms with Gasteiger partial charge in [-0.15, -0.1) is 0 Å². The number of nitrogen functional groups attached to an aromatic ring is 2. The molecule has 0 saturated heterocycles. The molecular formula is C38H30N2O3P2. The van der Waals surface area contributed by atoms with E-state index in [4.69, 9.17) is 16.0 Å². The Morgan fingerprint density at radius 2 is 0.978 bits per heavy atom. The van der Waals surface area contributed by atoms with Crippen LogP contribution in [0.1, 0.15) is 16.7 Å². The first-order chi connectivity index (χ1) is 21.9. The van der Waals surface area contributed by atoms with Crippen LogP contribution in [0.5, 0.6) is 5.75 Å². The third kappa shape index (κ3) is 3.81. The van der Waals surface area contributed by atoms with Gasteiger partial charge in [0.15, 0.2) is 4.90 Å². The lowest BCUT2D eigenvalue weighted by Gasteiger charge is -2.49. The Morgan fingerprint density at radius 1 is 0.511 bits per heavy atom. The molecule has 5 nitrogen and oxygen atoms in total. The Bertz CT molecular complexity index is 2050. The highest BCUT2D eigenvalue weighted by Crippen LogP contribution is 2.85. The molecule has 7 heteroatoms. The smallest absolute Gasteiger partial charge is 0.300 e. The second-order valence-corrected chi connectivity index (χ2v) is 17.4. The Hall–Kier alpha value is -4.82. The van der Waals surface area contributed by atoms with Crippen LogP contribution in [0, 0.1) is 0 Å². The van der Waals surface area contributed by atoms with Crippen LogP contribution in [0.3, 0.4) is 0 Å². The second-order valence-electron chi connectivity index (χ2n) is 11.6. The minimum absolute atomic E-state index is 0.187. The normalized spacial score (nSPS) is 19.7. The minimum Gasteiger partial charge on any atom is -0.438 e. The summed E-state index contributed by atoms with van der Waals surface area (Å²) in [5.41, 5.74) is 19.3. The maximum Gasteiger partial charge on any atom is 0.300 e. The number of anilines is 2. The summed E-state index contributed by atoms with van der Waals surface area (Å²) in [5.74, 6) is 0.493. The number of nitrogens with two attached hydrogens (primary N) is 2. The summed E-state index contributed by atoms with van der Waals surface area (Å²) in [6, 6.07) is 45.8. The van der Waals surface area contributed by atoms with Crippen molar-refractivity contribution in [1.82, 2.24) is 0 Å². The van der Waals surface area contributed by atoms with E-state index in [0.29, 0.717) is 38.9 Å². The predicted molar refractivity (Wildman–Crippen MR) is 185 cm³/mol. The third-order valence-electron chi connectivity index (χ3n) is 9.19. The largest absolute Gasteiger partial charge is 0.438 e. The molecule has 2 aliphatic rings. The summed E-state index contributed by atoms with van der Waals surface area (Å²) < 4.78 is 40.6. The van der Waals surface area contributed by atoms with E-state index < -0.39 is 19.4 Å². The van der Waals surface area contributed by atoms with Gasteiger partial charge in [0.2, 0.25) is 0 Å². The lowest BCUT2D eigenvalue weighted by molar-refractivity contribution is 0.473. The van der Waals surface area contributed by atoms with Gasteiger partial charge < -0.3 is 20.6 Å². The average molecular weight is 625 g/mol. The van der Waals surface area contributed by atoms with Crippen molar-refractivity contribution >= 4 is 36.5 Å². The van der Waals surface area contributed by atoms with E-state index in [1.807, 2.05) is 115 Å². The van der Waals surface area contributed by atoms with Crippen LogP contribution in [0.15, 0.2) is 146 Å². The zero-order valence-corrected chi connectivity index (χ0v) is 26.1. The first kappa shape index (κ1) is 27.7. The highest BCUT2D eigenvalue weighted by molar-refractivity contribution is 7.88. The monoisotopic (exact) mass is 624 g/mol. The van der Waals surface area contributed by atoms with Gasteiger partial charge in [0.1, 0.15) is 12.9 Å². The molecule has 45 heavy (non-hydrogen) atoms. The Balaban J connectivity index is 1.58. The topological polar surface area (TPSA) is 95.4 Å². The third-order valence-corrected chi connectivity index (χ3v) is 17.3. The fourth-order valence-electron chi connectivity index (χ4n) is 7.27. The SMILES string of the molecule is Nc1ccc(C(c2ccc(N)cc2)(P2(=O)Cc3ccccc3-c3ccccc32)P2(=O)Oc3ccccc3-c3ccccc32)cc1. The standard InChI is InChI=1S/C38H30N2O3P2/c39-29-21-17-27(18-22-29)38(28-19-23-30(40)24-20-28,44(41)25-26-9-1-2-10-31(26)33-12-4-7-15-36(33)44)45(42)37-16-8-5-13-34(37)32-11-3-6-14-35(32)43-45/h1-24H,25,39-40H2. The van der Waals surface area contributed by atoms with Gasteiger partial charge in [-0.05, 0) is 69.8 Å². The van der Waals surface area contributed by atoms with E-state index in [0.717, 1.165) is 27.8 Å². The van der Waals surface area contributed by atoms with Gasteiger partial charge >= 0.3 is 0 Å². The molecule has 0 amide bonds. The quantitative estimate of drug-likeness (QED) is 0.151. The molecule has 0 aliphatic carbocycles. The second kappa shape index (κ2) is 10.1. The van der Waals surface area contributed by atoms with Crippen molar-refractivity contribution in [2.45, 2.75) is 11.1 Å². The fourth-order valence-corrected chi connectivity index (χ4v) is 16.3. The molecule has 6 aromatic carbocycles. The Kier molecular flexibility index (Phi) is 6.22. The van der Waals surface area contributed by atoms with Gasteiger partial charge in [0.25, 0.3) is 7.37 Å². The van der Waals surface area contributed by atoms with E-state index in [2.05, 4.69) is 6.07 Å². The summed E-state index contributed by atoms with van der Waals surface area (Å²) in [7, 11) is -8.02. The van der Waals surface area contributed by atoms with Crippen molar-refractivity contribution in [2.24, 2.45) is 0 Å². The maximum atomic E-state index is 16.9. The molecule has 2 atom stereocenters. The van der Waals surface area contributed by atoms with Crippen LogP contribution in [0.4, 0.5) is 11.4 Å². The van der Waals surface area contributed by atoms with Gasteiger partial charge in [0.05, 0.1) is 5.30 Å². The minimum atomic E-state index is -4.20. The molecule has 8 rings (SSSR count). The Labute approximate surface area is 262 Å². The maximum absolute atomic E-state index is 16.9. The molecular weight excluding hydrogens is 594 g/mol. The first-order valence-corrected chi connectivity index (χ1v) is 18.4. The van der Waals surface area contributed by atoms with Crippen LogP contribution in [0.25, 0.3) is 22.3 Å². The van der Waals surface area contributed by atoms with Gasteiger partial charge in [-0.1, -0.05) is 109 Å². The molecule has 2 heterocycles. The van der Waals surface area contributed by atoms with Crippen LogP contribution < -0.4 is 26.6 Å². The van der Waals surface area contributed by atoms with E-state index in [1.165, 1.54) is 0 Å². The predicted octanol–water partition coefficient (Wildman–Crippen LogP) is 8.58. The lowest BCUT2D eigenvalue weighted by Crippen LogP contribution is -2.41. The number of fused-ring (bicyclic) bond motifs is 6. The molecule has 0 saturated carbocycles. The number of hydrogen-bond donors (Lipinski definition) is 2. The van der Waals surface area contributed by atoms with Crippen molar-refractivity contribution in [1.29, 1.82) is 0 Å². The molecule has 0 bridgehead atoms. The molecule has 4 N–H and O–H groups in total. The van der Waals surface area contributed by atoms with E-state index >= 15 is 9.13 Å². The highest BCUT2D eigenvalue weighted by atomic mass is 31.2. The summed E-state index contributed by atoms with van der Waals surface area (Å²) in [4.78, 5) is -1.66. The van der Waals surface area contributed by atoms with Gasteiger partial charge in [-0.3, -0.25) is 4.57 Å². The number of hydrogen-bond acceptors (Lipinski definition) is 5. The Morgan fingerprint density at radius 3 is 1.60 bits per heavy atom. The molecule has 2 unspecified atom stereocenters. The first-order valence-electron chi connectivity index (χ1n) is 14.8. The molecule has 2 aliphatic heterocycles. The fraction of sp³-hybridized carbons (Fsp3) is 0.0526. The number of rotatable bonds is 4. The van der Waals surface area contributed by atoms with Gasteiger partial charge in [-0.25, -0.2) is 0 Å². The molecule has 0 radical (unpaired) electrons. The van der Waals surface area contributed by atoms with Crippen LogP contribution in [-0.4, -0.2) is 0 Å². The van der Waals surface area contributed by atoms with Crippen molar-refractivity contribution < 1.29 is 13.7 Å². The zero-order valence-electron chi connectivity index (χ0n) is 24.3. The molecule has 0 spiro atoms. The van der Waals surface area contributed by atoms with Crippen LogP contribution in [0.2, 0.25) is 0 Å². The average Bonchev–Trinajstić information content (AvgIpc) is 3.07. The number of benzene rings is 6. The molecule has 0 fully saturated rings. The van der Waals surface area contributed by atoms with E-state index in [-0.39, 0.29) is 6.16 Å². The lowest BCUT2D eigenvalue weighted by atomic mass is 10.00. The summed E-state index contributed by atoms with van der Waals surface area (Å²) in [5, 5.41) is 1.21. The zero-order chi connectivity index (χ0) is 30.8. The van der Waals surface area contributed by atoms with Crippen molar-refractivity contribution in [3.8, 4) is 28.0 Å². The van der Waals surface area contributed by atoms with Crippen molar-refractivity contribution in [3.05, 3.63) is 162 Å². The van der Waals surface area contributed by atoms with Crippen LogP contribution >= 0.6 is 14.5 Å². The highest BCUT2D eigenvalue weighted by Gasteiger charge is 2.67. The summed E-state index contributed by atoms with van der Waals surface area (Å²) >= 11 is 0. The molecule has 6 aromatic rings. The van der Waals surface area contributed by atoms with Crippen molar-refractivity contribution in [3.63, 3.8) is 0 Å². The van der Waals surface area contributed by atoms with Crippen molar-refractivity contribution in [2.75, 3.05) is 11.5 Å².